The van der Waals surface area contributed by atoms with Gasteiger partial charge in [-0.05, 0) is 0 Å². The molecular formula is C6H9ClN2O2S. The molecule has 0 aliphatic heterocycles. The lowest BCUT2D eigenvalue weighted by Crippen LogP contribution is -2.22. The Morgan fingerprint density at radius 2 is 2.50 bits per heavy atom. The van der Waals surface area contributed by atoms with Crippen LogP contribution in [0.4, 0.5) is 0 Å². The minimum Gasteiger partial charge on any atom is -0.468 e. The molecule has 0 aliphatic carbocycles. The highest BCUT2D eigenvalue weighted by atomic mass is 35.5. The van der Waals surface area contributed by atoms with Crippen LogP contribution in [0.1, 0.15) is 11.0 Å². The van der Waals surface area contributed by atoms with Crippen molar-refractivity contribution in [1.82, 2.24) is 4.98 Å². The Labute approximate surface area is 80.2 Å². The second-order valence-corrected chi connectivity index (χ2v) is 2.80. The van der Waals surface area contributed by atoms with Crippen LogP contribution in [-0.4, -0.2) is 18.1 Å². The van der Waals surface area contributed by atoms with Crippen LogP contribution in [-0.2, 0) is 9.53 Å². The van der Waals surface area contributed by atoms with Gasteiger partial charge in [-0.25, -0.2) is 9.78 Å². The quantitative estimate of drug-likeness (QED) is 0.728. The molecule has 1 unspecified atom stereocenters. The number of hydrogen-bond donors (Lipinski definition) is 1. The zero-order valence-corrected chi connectivity index (χ0v) is 8.02. The fourth-order valence-electron chi connectivity index (χ4n) is 0.616. The number of ether oxygens (including phenoxy) is 1. The molecule has 1 atom stereocenters. The van der Waals surface area contributed by atoms with Crippen LogP contribution in [0.5, 0.6) is 0 Å². The van der Waals surface area contributed by atoms with E-state index >= 15 is 0 Å². The average Bonchev–Trinajstić information content (AvgIpc) is 2.53. The number of methoxy groups -OCH3 is 1. The number of esters is 1. The van der Waals surface area contributed by atoms with Crippen molar-refractivity contribution < 1.29 is 9.53 Å². The van der Waals surface area contributed by atoms with Crippen molar-refractivity contribution in [3.8, 4) is 0 Å². The third-order valence-corrected chi connectivity index (χ3v) is 2.03. The first-order chi connectivity index (χ1) is 5.25. The summed E-state index contributed by atoms with van der Waals surface area (Å²) in [5, 5.41) is 2.34. The first-order valence-electron chi connectivity index (χ1n) is 2.98. The molecule has 1 rings (SSSR count). The summed E-state index contributed by atoms with van der Waals surface area (Å²) in [5.41, 5.74) is 5.47. The van der Waals surface area contributed by atoms with E-state index < -0.39 is 12.0 Å². The number of aromatic nitrogens is 1. The van der Waals surface area contributed by atoms with Gasteiger partial charge >= 0.3 is 5.97 Å². The third kappa shape index (κ3) is 2.44. The summed E-state index contributed by atoms with van der Waals surface area (Å²) in [6.07, 6.45) is 1.60. The van der Waals surface area contributed by atoms with E-state index in [-0.39, 0.29) is 12.4 Å². The molecule has 0 bridgehead atoms. The Kier molecular flexibility index (Phi) is 4.80. The second kappa shape index (κ2) is 5.08. The summed E-state index contributed by atoms with van der Waals surface area (Å²) >= 11 is 1.34. The molecule has 0 aliphatic rings. The molecule has 12 heavy (non-hydrogen) atoms. The normalized spacial score (nSPS) is 11.5. The number of rotatable bonds is 2. The molecule has 1 aromatic heterocycles. The predicted molar refractivity (Wildman–Crippen MR) is 48.3 cm³/mol. The maximum atomic E-state index is 10.8. The lowest BCUT2D eigenvalue weighted by Gasteiger charge is -2.03. The van der Waals surface area contributed by atoms with Gasteiger partial charge in [0.2, 0.25) is 0 Å². The molecule has 0 saturated heterocycles. The standard InChI is InChI=1S/C6H8N2O2S.ClH/c1-10-6(9)4(7)5-8-2-3-11-5;/h2-4H,7H2,1H3;1H. The Hall–Kier alpha value is -0.650. The van der Waals surface area contributed by atoms with Crippen LogP contribution in [0, 0.1) is 0 Å². The van der Waals surface area contributed by atoms with E-state index in [0.717, 1.165) is 0 Å². The van der Waals surface area contributed by atoms with Crippen molar-refractivity contribution in [2.24, 2.45) is 5.73 Å². The molecule has 0 radical (unpaired) electrons. The van der Waals surface area contributed by atoms with Crippen molar-refractivity contribution >= 4 is 29.7 Å². The fraction of sp³-hybridized carbons (Fsp3) is 0.333. The van der Waals surface area contributed by atoms with E-state index in [1.807, 2.05) is 0 Å². The van der Waals surface area contributed by atoms with Crippen LogP contribution in [0.2, 0.25) is 0 Å². The molecule has 6 heteroatoms. The summed E-state index contributed by atoms with van der Waals surface area (Å²) < 4.78 is 4.44. The molecule has 2 N–H and O–H groups in total. The highest BCUT2D eigenvalue weighted by molar-refractivity contribution is 7.09. The minimum absolute atomic E-state index is 0. The van der Waals surface area contributed by atoms with E-state index in [0.29, 0.717) is 5.01 Å². The summed E-state index contributed by atoms with van der Waals surface area (Å²) in [6, 6.07) is -0.736. The number of hydrogen-bond acceptors (Lipinski definition) is 5. The van der Waals surface area contributed by atoms with Gasteiger partial charge in [-0.15, -0.1) is 23.7 Å². The first-order valence-corrected chi connectivity index (χ1v) is 3.86. The smallest absolute Gasteiger partial charge is 0.329 e. The zero-order chi connectivity index (χ0) is 8.27. The van der Waals surface area contributed by atoms with Gasteiger partial charge in [0.25, 0.3) is 0 Å². The van der Waals surface area contributed by atoms with Gasteiger partial charge in [-0.1, -0.05) is 0 Å². The summed E-state index contributed by atoms with van der Waals surface area (Å²) in [5.74, 6) is -0.458. The number of carbonyl (C=O) groups is 1. The molecule has 0 spiro atoms. The highest BCUT2D eigenvalue weighted by Gasteiger charge is 2.17. The van der Waals surface area contributed by atoms with Crippen LogP contribution >= 0.6 is 23.7 Å². The van der Waals surface area contributed by atoms with Crippen molar-refractivity contribution in [2.75, 3.05) is 7.11 Å². The van der Waals surface area contributed by atoms with Gasteiger partial charge in [-0.3, -0.25) is 0 Å². The number of thiazole rings is 1. The van der Waals surface area contributed by atoms with Crippen LogP contribution in [0.25, 0.3) is 0 Å². The van der Waals surface area contributed by atoms with Crippen molar-refractivity contribution in [3.63, 3.8) is 0 Å². The molecule has 0 saturated carbocycles. The molecule has 4 nitrogen and oxygen atoms in total. The lowest BCUT2D eigenvalue weighted by atomic mass is 10.3. The van der Waals surface area contributed by atoms with E-state index in [1.54, 1.807) is 11.6 Å². The SMILES string of the molecule is COC(=O)C(N)c1nccs1.Cl. The second-order valence-electron chi connectivity index (χ2n) is 1.87. The van der Waals surface area contributed by atoms with Gasteiger partial charge in [0, 0.05) is 11.6 Å². The van der Waals surface area contributed by atoms with Crippen molar-refractivity contribution in [3.05, 3.63) is 16.6 Å². The number of nitrogens with zero attached hydrogens (tertiary/aromatic N) is 1. The minimum atomic E-state index is -0.736. The molecule has 0 amide bonds. The van der Waals surface area contributed by atoms with E-state index in [2.05, 4.69) is 9.72 Å². The summed E-state index contributed by atoms with van der Waals surface area (Å²) in [4.78, 5) is 14.7. The average molecular weight is 209 g/mol. The van der Waals surface area contributed by atoms with Crippen LogP contribution in [0.3, 0.4) is 0 Å². The Bertz CT molecular complexity index is 240. The molecule has 68 valence electrons. The summed E-state index contributed by atoms with van der Waals surface area (Å²) in [6.45, 7) is 0. The van der Waals surface area contributed by atoms with Crippen molar-refractivity contribution in [2.45, 2.75) is 6.04 Å². The Morgan fingerprint density at radius 3 is 2.92 bits per heavy atom. The number of halogens is 1. The zero-order valence-electron chi connectivity index (χ0n) is 6.39. The van der Waals surface area contributed by atoms with Gasteiger partial charge < -0.3 is 10.5 Å². The topological polar surface area (TPSA) is 65.2 Å². The fourth-order valence-corrected chi connectivity index (χ4v) is 1.24. The lowest BCUT2D eigenvalue weighted by molar-refractivity contribution is -0.142. The van der Waals surface area contributed by atoms with Gasteiger partial charge in [-0.2, -0.15) is 0 Å². The summed E-state index contributed by atoms with van der Waals surface area (Å²) in [7, 11) is 1.30. The Morgan fingerprint density at radius 1 is 1.83 bits per heavy atom. The number of carbonyl (C=O) groups excluding carboxylic acids is 1. The number of nitrogens with two attached hydrogens (primary N) is 1. The van der Waals surface area contributed by atoms with Gasteiger partial charge in [0.1, 0.15) is 5.01 Å². The van der Waals surface area contributed by atoms with Gasteiger partial charge in [0.15, 0.2) is 6.04 Å². The first kappa shape index (κ1) is 11.4. The highest BCUT2D eigenvalue weighted by Crippen LogP contribution is 2.13. The Balaban J connectivity index is 0.00000121. The van der Waals surface area contributed by atoms with E-state index in [4.69, 9.17) is 5.73 Å². The van der Waals surface area contributed by atoms with Crippen LogP contribution < -0.4 is 5.73 Å². The predicted octanol–water partition coefficient (Wildman–Crippen LogP) is 0.738. The largest absolute Gasteiger partial charge is 0.468 e. The molecule has 0 aromatic carbocycles. The third-order valence-electron chi connectivity index (χ3n) is 1.17. The van der Waals surface area contributed by atoms with Crippen LogP contribution in [0.15, 0.2) is 11.6 Å². The molecular weight excluding hydrogens is 200 g/mol. The van der Waals surface area contributed by atoms with E-state index in [9.17, 15) is 4.79 Å². The molecule has 1 aromatic rings. The maximum absolute atomic E-state index is 10.8. The van der Waals surface area contributed by atoms with E-state index in [1.165, 1.54) is 18.4 Å². The molecule has 1 heterocycles. The maximum Gasteiger partial charge on any atom is 0.329 e. The monoisotopic (exact) mass is 208 g/mol. The molecule has 0 fully saturated rings. The van der Waals surface area contributed by atoms with Gasteiger partial charge in [0.05, 0.1) is 7.11 Å². The van der Waals surface area contributed by atoms with Crippen molar-refractivity contribution in [1.29, 1.82) is 0 Å².